The zero-order valence-electron chi connectivity index (χ0n) is 17.5. The van der Waals surface area contributed by atoms with E-state index in [1.807, 2.05) is 72.9 Å². The van der Waals surface area contributed by atoms with Crippen molar-refractivity contribution < 1.29 is 4.79 Å². The highest BCUT2D eigenvalue weighted by Gasteiger charge is 2.27. The first-order valence-electron chi connectivity index (χ1n) is 11.0. The monoisotopic (exact) mass is 418 g/mol. The lowest BCUT2D eigenvalue weighted by molar-refractivity contribution is 0.104. The van der Waals surface area contributed by atoms with E-state index in [9.17, 15) is 4.79 Å². The maximum atomic E-state index is 13.3. The van der Waals surface area contributed by atoms with Crippen LogP contribution in [0.2, 0.25) is 0 Å². The average molecular weight is 419 g/mol. The van der Waals surface area contributed by atoms with Gasteiger partial charge in [0.2, 0.25) is 0 Å². The van der Waals surface area contributed by atoms with Crippen molar-refractivity contribution in [1.82, 2.24) is 14.4 Å². The number of benzene rings is 3. The van der Waals surface area contributed by atoms with Crippen molar-refractivity contribution in [2.24, 2.45) is 0 Å². The van der Waals surface area contributed by atoms with Gasteiger partial charge in [-0.05, 0) is 29.7 Å². The number of rotatable bonds is 4. The molecule has 2 aromatic heterocycles. The number of nitrogens with zero attached hydrogens (tertiary/aromatic N) is 3. The summed E-state index contributed by atoms with van der Waals surface area (Å²) in [4.78, 5) is 22.7. The predicted octanol–water partition coefficient (Wildman–Crippen LogP) is 5.63. The fraction of sp³-hybridized carbons (Fsp3) is 0.148. The van der Waals surface area contributed by atoms with E-state index >= 15 is 0 Å². The van der Waals surface area contributed by atoms with Crippen LogP contribution in [0.15, 0.2) is 79.1 Å². The van der Waals surface area contributed by atoms with Crippen molar-refractivity contribution in [3.05, 3.63) is 96.1 Å². The topological polar surface area (TPSA) is 73.3 Å². The number of anilines is 1. The van der Waals surface area contributed by atoms with Gasteiger partial charge in [-0.15, -0.1) is 0 Å². The number of nitrogen functional groups attached to an aromatic ring is 1. The number of imidazole rings is 1. The third kappa shape index (κ3) is 2.82. The molecule has 0 amide bonds. The summed E-state index contributed by atoms with van der Waals surface area (Å²) < 4.78 is 2.10. The Morgan fingerprint density at radius 1 is 0.938 bits per heavy atom. The van der Waals surface area contributed by atoms with Crippen LogP contribution in [-0.2, 0) is 0 Å². The molecule has 1 fully saturated rings. The molecule has 2 heterocycles. The van der Waals surface area contributed by atoms with Crippen LogP contribution in [0, 0.1) is 0 Å². The maximum absolute atomic E-state index is 13.3. The lowest BCUT2D eigenvalue weighted by Gasteiger charge is -2.23. The molecule has 5 heteroatoms. The second-order valence-electron chi connectivity index (χ2n) is 8.38. The Morgan fingerprint density at radius 3 is 2.44 bits per heavy atom. The molecule has 0 aliphatic heterocycles. The number of hydrogen-bond acceptors (Lipinski definition) is 4. The summed E-state index contributed by atoms with van der Waals surface area (Å²) in [6.45, 7) is 0. The SMILES string of the molecule is Nc1nccn2c(C3CCC3)nc(-c3ccc(C(=O)c4ccccc4)c4ccccc34)c12. The molecule has 1 saturated carbocycles. The fourth-order valence-corrected chi connectivity index (χ4v) is 4.68. The molecule has 5 aromatic rings. The molecule has 1 aliphatic rings. The second-order valence-corrected chi connectivity index (χ2v) is 8.38. The van der Waals surface area contributed by atoms with E-state index in [-0.39, 0.29) is 5.78 Å². The van der Waals surface area contributed by atoms with Crippen molar-refractivity contribution >= 4 is 27.9 Å². The Kier molecular flexibility index (Phi) is 4.28. The normalized spacial score (nSPS) is 14.0. The summed E-state index contributed by atoms with van der Waals surface area (Å²) in [5.41, 5.74) is 10.3. The van der Waals surface area contributed by atoms with Gasteiger partial charge >= 0.3 is 0 Å². The largest absolute Gasteiger partial charge is 0.382 e. The standard InChI is InChI=1S/C27H22N4O/c28-26-24-23(30-27(18-9-6-10-18)31(24)16-15-29-26)21-13-14-22(20-12-5-4-11-19(20)21)25(32)17-7-2-1-3-8-17/h1-5,7-8,11-16,18H,6,9-10H2,(H2,28,29). The van der Waals surface area contributed by atoms with Crippen molar-refractivity contribution in [2.45, 2.75) is 25.2 Å². The first-order chi connectivity index (χ1) is 15.7. The molecule has 0 radical (unpaired) electrons. The molecule has 0 spiro atoms. The lowest BCUT2D eigenvalue weighted by Crippen LogP contribution is -2.12. The molecule has 6 rings (SSSR count). The Labute approximate surface area is 185 Å². The molecule has 0 saturated heterocycles. The van der Waals surface area contributed by atoms with Crippen LogP contribution < -0.4 is 5.73 Å². The summed E-state index contributed by atoms with van der Waals surface area (Å²) in [6.07, 6.45) is 7.20. The summed E-state index contributed by atoms with van der Waals surface area (Å²) in [5, 5.41) is 1.89. The Bertz CT molecular complexity index is 1480. The zero-order valence-corrected chi connectivity index (χ0v) is 17.5. The van der Waals surface area contributed by atoms with E-state index in [4.69, 9.17) is 10.7 Å². The van der Waals surface area contributed by atoms with Gasteiger partial charge in [0.15, 0.2) is 5.78 Å². The third-order valence-corrected chi connectivity index (χ3v) is 6.54. The number of carbonyl (C=O) groups excluding carboxylic acids is 1. The van der Waals surface area contributed by atoms with Gasteiger partial charge in [0, 0.05) is 35.0 Å². The van der Waals surface area contributed by atoms with Crippen LogP contribution in [0.1, 0.15) is 46.9 Å². The minimum absolute atomic E-state index is 0.0133. The molecule has 0 atom stereocenters. The van der Waals surface area contributed by atoms with Crippen LogP contribution in [0.25, 0.3) is 27.5 Å². The number of fused-ring (bicyclic) bond motifs is 2. The number of aromatic nitrogens is 3. The van der Waals surface area contributed by atoms with E-state index in [2.05, 4.69) is 9.38 Å². The van der Waals surface area contributed by atoms with Crippen LogP contribution in [-0.4, -0.2) is 20.2 Å². The van der Waals surface area contributed by atoms with Crippen molar-refractivity contribution in [3.63, 3.8) is 0 Å². The zero-order chi connectivity index (χ0) is 21.7. The van der Waals surface area contributed by atoms with E-state index in [1.165, 1.54) is 6.42 Å². The van der Waals surface area contributed by atoms with Crippen molar-refractivity contribution in [2.75, 3.05) is 5.73 Å². The highest BCUT2D eigenvalue weighted by Crippen LogP contribution is 2.41. The van der Waals surface area contributed by atoms with Gasteiger partial charge in [0.1, 0.15) is 22.9 Å². The van der Waals surface area contributed by atoms with Crippen LogP contribution in [0.4, 0.5) is 5.82 Å². The van der Waals surface area contributed by atoms with Gasteiger partial charge in [-0.3, -0.25) is 9.20 Å². The number of hydrogen-bond donors (Lipinski definition) is 1. The lowest BCUT2D eigenvalue weighted by atomic mass is 9.85. The molecule has 0 bridgehead atoms. The van der Waals surface area contributed by atoms with Gasteiger partial charge in [-0.1, -0.05) is 67.1 Å². The van der Waals surface area contributed by atoms with Crippen LogP contribution in [0.3, 0.4) is 0 Å². The first-order valence-corrected chi connectivity index (χ1v) is 11.0. The molecule has 156 valence electrons. The van der Waals surface area contributed by atoms with Crippen molar-refractivity contribution in [1.29, 1.82) is 0 Å². The Balaban J connectivity index is 1.59. The van der Waals surface area contributed by atoms with E-state index < -0.39 is 0 Å². The Morgan fingerprint density at radius 2 is 1.69 bits per heavy atom. The minimum Gasteiger partial charge on any atom is -0.382 e. The molecule has 2 N–H and O–H groups in total. The highest BCUT2D eigenvalue weighted by atomic mass is 16.1. The Hall–Kier alpha value is -3.99. The van der Waals surface area contributed by atoms with E-state index in [1.54, 1.807) is 6.20 Å². The smallest absolute Gasteiger partial charge is 0.193 e. The molecule has 3 aromatic carbocycles. The van der Waals surface area contributed by atoms with Crippen LogP contribution >= 0.6 is 0 Å². The molecule has 1 aliphatic carbocycles. The fourth-order valence-electron chi connectivity index (χ4n) is 4.68. The van der Waals surface area contributed by atoms with Gasteiger partial charge in [0.05, 0.1) is 0 Å². The summed E-state index contributed by atoms with van der Waals surface area (Å²) >= 11 is 0. The summed E-state index contributed by atoms with van der Waals surface area (Å²) in [5.74, 6) is 1.97. The highest BCUT2D eigenvalue weighted by molar-refractivity contribution is 6.18. The minimum atomic E-state index is 0.0133. The summed E-state index contributed by atoms with van der Waals surface area (Å²) in [6, 6.07) is 21.3. The number of ketones is 1. The molecule has 5 nitrogen and oxygen atoms in total. The maximum Gasteiger partial charge on any atom is 0.193 e. The second kappa shape index (κ2) is 7.31. The third-order valence-electron chi connectivity index (χ3n) is 6.54. The van der Waals surface area contributed by atoms with Gasteiger partial charge in [0.25, 0.3) is 0 Å². The average Bonchev–Trinajstić information content (AvgIpc) is 3.17. The predicted molar refractivity (Wildman–Crippen MR) is 127 cm³/mol. The number of nitrogens with two attached hydrogens (primary N) is 1. The summed E-state index contributed by atoms with van der Waals surface area (Å²) in [7, 11) is 0. The van der Waals surface area contributed by atoms with Crippen LogP contribution in [0.5, 0.6) is 0 Å². The number of carbonyl (C=O) groups is 1. The molecular formula is C27H22N4O. The molecule has 0 unspecified atom stereocenters. The first kappa shape index (κ1) is 18.8. The van der Waals surface area contributed by atoms with Gasteiger partial charge in [-0.25, -0.2) is 9.97 Å². The quantitative estimate of drug-likeness (QED) is 0.384. The van der Waals surface area contributed by atoms with E-state index in [0.717, 1.165) is 46.2 Å². The molecular weight excluding hydrogens is 396 g/mol. The molecule has 32 heavy (non-hydrogen) atoms. The van der Waals surface area contributed by atoms with Gasteiger partial charge in [-0.2, -0.15) is 0 Å². The van der Waals surface area contributed by atoms with E-state index in [0.29, 0.717) is 22.9 Å². The van der Waals surface area contributed by atoms with Crippen molar-refractivity contribution in [3.8, 4) is 11.3 Å². The van der Waals surface area contributed by atoms with Gasteiger partial charge < -0.3 is 5.73 Å².